The molecule has 0 rings (SSSR count). The Labute approximate surface area is 133 Å². The van der Waals surface area contributed by atoms with E-state index in [2.05, 4.69) is 32.7 Å². The van der Waals surface area contributed by atoms with E-state index < -0.39 is 12.1 Å². The highest BCUT2D eigenvalue weighted by Gasteiger charge is 2.09. The second-order valence-corrected chi connectivity index (χ2v) is 6.26. The van der Waals surface area contributed by atoms with Crippen molar-refractivity contribution >= 4 is 12.1 Å². The Morgan fingerprint density at radius 1 is 1.05 bits per heavy atom. The van der Waals surface area contributed by atoms with Crippen molar-refractivity contribution in [2.24, 2.45) is 5.41 Å². The molecule has 0 radical (unpaired) electrons. The number of ether oxygens (including phenoxy) is 3. The zero-order chi connectivity index (χ0) is 17.0. The van der Waals surface area contributed by atoms with E-state index in [9.17, 15) is 9.59 Å². The van der Waals surface area contributed by atoms with Gasteiger partial charge in [0.25, 0.3) is 0 Å². The van der Waals surface area contributed by atoms with E-state index >= 15 is 0 Å². The summed E-state index contributed by atoms with van der Waals surface area (Å²) in [7, 11) is 0. The summed E-state index contributed by atoms with van der Waals surface area (Å²) in [5.74, 6) is -0.473. The van der Waals surface area contributed by atoms with Crippen molar-refractivity contribution in [3.8, 4) is 0 Å². The van der Waals surface area contributed by atoms with Gasteiger partial charge in [-0.3, -0.25) is 0 Å². The first-order valence-electron chi connectivity index (χ1n) is 7.53. The Hall–Kier alpha value is -1.56. The highest BCUT2D eigenvalue weighted by molar-refractivity contribution is 5.86. The van der Waals surface area contributed by atoms with Crippen molar-refractivity contribution in [2.45, 2.75) is 40.5 Å². The van der Waals surface area contributed by atoms with Gasteiger partial charge in [0, 0.05) is 12.2 Å². The third-order valence-corrected chi connectivity index (χ3v) is 2.63. The minimum Gasteiger partial charge on any atom is -0.460 e. The van der Waals surface area contributed by atoms with E-state index in [1.54, 1.807) is 6.92 Å². The third-order valence-electron chi connectivity index (χ3n) is 2.63. The lowest BCUT2D eigenvalue weighted by atomic mass is 9.91. The number of amides is 1. The number of hydrogen-bond donors (Lipinski definition) is 1. The number of carbonyl (C=O) groups is 2. The predicted molar refractivity (Wildman–Crippen MR) is 84.6 cm³/mol. The minimum atomic E-state index is -0.551. The fraction of sp³-hybridized carbons (Fsp3) is 0.750. The van der Waals surface area contributed by atoms with Gasteiger partial charge < -0.3 is 19.5 Å². The van der Waals surface area contributed by atoms with E-state index in [0.29, 0.717) is 24.2 Å². The van der Waals surface area contributed by atoms with Crippen LogP contribution in [-0.2, 0) is 19.0 Å². The molecule has 1 N–H and O–H groups in total. The van der Waals surface area contributed by atoms with Crippen LogP contribution in [0.5, 0.6) is 0 Å². The number of carbonyl (C=O) groups excluding carboxylic acids is 2. The molecule has 0 aliphatic carbocycles. The van der Waals surface area contributed by atoms with Crippen molar-refractivity contribution in [2.75, 3.05) is 33.0 Å². The van der Waals surface area contributed by atoms with Crippen LogP contribution in [0.4, 0.5) is 4.79 Å². The zero-order valence-electron chi connectivity index (χ0n) is 14.2. The highest BCUT2D eigenvalue weighted by Crippen LogP contribution is 2.20. The molecule has 0 heterocycles. The monoisotopic (exact) mass is 315 g/mol. The summed E-state index contributed by atoms with van der Waals surface area (Å²) >= 11 is 0. The Morgan fingerprint density at radius 3 is 2.32 bits per heavy atom. The molecule has 0 saturated heterocycles. The lowest BCUT2D eigenvalue weighted by molar-refractivity contribution is -0.138. The molecular weight excluding hydrogens is 286 g/mol. The van der Waals surface area contributed by atoms with Gasteiger partial charge in [0.05, 0.1) is 13.2 Å². The van der Waals surface area contributed by atoms with Gasteiger partial charge in [0.2, 0.25) is 0 Å². The minimum absolute atomic E-state index is 0.0874. The van der Waals surface area contributed by atoms with E-state index in [0.717, 1.165) is 12.8 Å². The van der Waals surface area contributed by atoms with Crippen molar-refractivity contribution < 1.29 is 23.8 Å². The van der Waals surface area contributed by atoms with Gasteiger partial charge in [-0.25, -0.2) is 9.59 Å². The van der Waals surface area contributed by atoms with Crippen LogP contribution in [0, 0.1) is 5.41 Å². The Kier molecular flexibility index (Phi) is 10.3. The summed E-state index contributed by atoms with van der Waals surface area (Å²) in [6.07, 6.45) is 1.53. The van der Waals surface area contributed by atoms with Gasteiger partial charge in [-0.15, -0.1) is 0 Å². The lowest BCUT2D eigenvalue weighted by Gasteiger charge is -2.17. The highest BCUT2D eigenvalue weighted by atomic mass is 16.6. The molecule has 0 spiro atoms. The first kappa shape index (κ1) is 20.4. The lowest BCUT2D eigenvalue weighted by Crippen LogP contribution is -2.29. The summed E-state index contributed by atoms with van der Waals surface area (Å²) in [4.78, 5) is 22.4. The molecule has 6 heteroatoms. The smallest absolute Gasteiger partial charge is 0.407 e. The summed E-state index contributed by atoms with van der Waals surface area (Å²) < 4.78 is 15.1. The van der Waals surface area contributed by atoms with Crippen LogP contribution in [0.1, 0.15) is 40.5 Å². The van der Waals surface area contributed by atoms with Gasteiger partial charge >= 0.3 is 12.1 Å². The molecule has 0 aromatic heterocycles. The topological polar surface area (TPSA) is 73.9 Å². The maximum absolute atomic E-state index is 11.3. The van der Waals surface area contributed by atoms with Crippen LogP contribution in [0.3, 0.4) is 0 Å². The Morgan fingerprint density at radius 2 is 1.73 bits per heavy atom. The number of esters is 1. The van der Waals surface area contributed by atoms with Crippen molar-refractivity contribution in [1.82, 2.24) is 5.32 Å². The summed E-state index contributed by atoms with van der Waals surface area (Å²) in [5.41, 5.74) is 0.638. The molecule has 0 unspecified atom stereocenters. The van der Waals surface area contributed by atoms with Crippen LogP contribution in [0.2, 0.25) is 0 Å². The van der Waals surface area contributed by atoms with E-state index in [1.165, 1.54) is 0 Å². The molecule has 0 aliphatic rings. The first-order valence-corrected chi connectivity index (χ1v) is 7.53. The van der Waals surface area contributed by atoms with Crippen LogP contribution in [0.25, 0.3) is 0 Å². The normalized spacial score (nSPS) is 10.9. The van der Waals surface area contributed by atoms with Crippen LogP contribution in [0.15, 0.2) is 12.2 Å². The SMILES string of the molecule is C=C(C)C(=O)OCCNC(=O)OCCOCCCC(C)(C)C. The number of hydrogen-bond acceptors (Lipinski definition) is 5. The van der Waals surface area contributed by atoms with Gasteiger partial charge in [-0.2, -0.15) is 0 Å². The van der Waals surface area contributed by atoms with Crippen LogP contribution >= 0.6 is 0 Å². The molecule has 1 amide bonds. The molecule has 0 aromatic carbocycles. The molecular formula is C16H29NO5. The second-order valence-electron chi connectivity index (χ2n) is 6.26. The van der Waals surface area contributed by atoms with E-state index in [4.69, 9.17) is 14.2 Å². The zero-order valence-corrected chi connectivity index (χ0v) is 14.2. The van der Waals surface area contributed by atoms with Gasteiger partial charge in [0.15, 0.2) is 0 Å². The average molecular weight is 315 g/mol. The largest absolute Gasteiger partial charge is 0.460 e. The fourth-order valence-corrected chi connectivity index (χ4v) is 1.47. The van der Waals surface area contributed by atoms with Crippen molar-refractivity contribution in [1.29, 1.82) is 0 Å². The summed E-state index contributed by atoms with van der Waals surface area (Å²) in [6, 6.07) is 0. The van der Waals surface area contributed by atoms with Gasteiger partial charge in [-0.1, -0.05) is 27.4 Å². The predicted octanol–water partition coefficient (Wildman–Crippen LogP) is 2.67. The Bertz CT molecular complexity index is 360. The first-order chi connectivity index (χ1) is 10.2. The summed E-state index contributed by atoms with van der Waals surface area (Å²) in [5, 5.41) is 2.48. The van der Waals surface area contributed by atoms with Crippen molar-refractivity contribution in [3.63, 3.8) is 0 Å². The summed E-state index contributed by atoms with van der Waals surface area (Å²) in [6.45, 7) is 13.1. The maximum Gasteiger partial charge on any atom is 0.407 e. The van der Waals surface area contributed by atoms with Crippen LogP contribution in [-0.4, -0.2) is 45.0 Å². The van der Waals surface area contributed by atoms with Gasteiger partial charge in [0.1, 0.15) is 13.2 Å². The molecule has 0 fully saturated rings. The van der Waals surface area contributed by atoms with E-state index in [1.807, 2.05) is 0 Å². The number of rotatable bonds is 10. The molecule has 0 atom stereocenters. The quantitative estimate of drug-likeness (QED) is 0.381. The van der Waals surface area contributed by atoms with Crippen LogP contribution < -0.4 is 5.32 Å². The molecule has 0 aliphatic heterocycles. The average Bonchev–Trinajstić information content (AvgIpc) is 2.40. The number of nitrogens with one attached hydrogen (secondary N) is 1. The fourth-order valence-electron chi connectivity index (χ4n) is 1.47. The maximum atomic E-state index is 11.3. The second kappa shape index (κ2) is 11.1. The van der Waals surface area contributed by atoms with Gasteiger partial charge in [-0.05, 0) is 25.2 Å². The molecule has 0 saturated carbocycles. The third kappa shape index (κ3) is 13.4. The van der Waals surface area contributed by atoms with E-state index in [-0.39, 0.29) is 19.8 Å². The molecule has 0 aromatic rings. The van der Waals surface area contributed by atoms with Crippen molar-refractivity contribution in [3.05, 3.63) is 12.2 Å². The Balaban J connectivity index is 3.40. The molecule has 6 nitrogen and oxygen atoms in total. The number of alkyl carbamates (subject to hydrolysis) is 1. The molecule has 22 heavy (non-hydrogen) atoms. The standard InChI is InChI=1S/C16H29NO5/c1-13(2)14(18)21-10-8-17-15(19)22-12-11-20-9-6-7-16(3,4)5/h1,6-12H2,2-5H3,(H,17,19). The molecule has 0 bridgehead atoms. The molecule has 128 valence electrons.